The molecule has 1 aromatic heterocycles. The molecule has 0 aliphatic heterocycles. The zero-order valence-corrected chi connectivity index (χ0v) is 13.1. The Labute approximate surface area is 127 Å². The second-order valence-electron chi connectivity index (χ2n) is 5.92. The van der Waals surface area contributed by atoms with Crippen LogP contribution in [0.3, 0.4) is 0 Å². The van der Waals surface area contributed by atoms with Crippen LogP contribution in [-0.2, 0) is 6.42 Å². The van der Waals surface area contributed by atoms with Crippen LogP contribution in [0.4, 0.5) is 4.39 Å². The van der Waals surface area contributed by atoms with E-state index in [1.54, 1.807) is 6.07 Å². The minimum atomic E-state index is -0.208. The standard InChI is InChI=1S/C18H27FN2/c1-2-3-4-5-6-7-8-9-10-11-18-20-16-13-12-15(19)14-17(16)21-18/h12-14H,2-11H2,1H3,(H,20,21). The minimum Gasteiger partial charge on any atom is -0.342 e. The molecule has 0 aliphatic rings. The summed E-state index contributed by atoms with van der Waals surface area (Å²) in [4.78, 5) is 7.71. The third-order valence-corrected chi connectivity index (χ3v) is 4.01. The molecule has 0 bridgehead atoms. The van der Waals surface area contributed by atoms with Gasteiger partial charge in [0.1, 0.15) is 11.6 Å². The maximum Gasteiger partial charge on any atom is 0.125 e. The molecule has 0 fully saturated rings. The van der Waals surface area contributed by atoms with Crippen LogP contribution < -0.4 is 0 Å². The fourth-order valence-corrected chi connectivity index (χ4v) is 2.76. The highest BCUT2D eigenvalue weighted by Gasteiger charge is 2.03. The molecule has 0 aliphatic carbocycles. The summed E-state index contributed by atoms with van der Waals surface area (Å²) in [5.41, 5.74) is 1.67. The summed E-state index contributed by atoms with van der Waals surface area (Å²) in [6.07, 6.45) is 12.9. The zero-order valence-electron chi connectivity index (χ0n) is 13.1. The molecule has 0 spiro atoms. The molecule has 0 amide bonds. The molecule has 116 valence electrons. The van der Waals surface area contributed by atoms with E-state index in [9.17, 15) is 4.39 Å². The second-order valence-corrected chi connectivity index (χ2v) is 5.92. The van der Waals surface area contributed by atoms with Gasteiger partial charge in [-0.25, -0.2) is 9.37 Å². The molecule has 0 atom stereocenters. The highest BCUT2D eigenvalue weighted by Crippen LogP contribution is 2.15. The first-order chi connectivity index (χ1) is 10.3. The van der Waals surface area contributed by atoms with E-state index in [0.29, 0.717) is 0 Å². The third kappa shape index (κ3) is 5.49. The topological polar surface area (TPSA) is 28.7 Å². The van der Waals surface area contributed by atoms with Gasteiger partial charge in [0, 0.05) is 6.42 Å². The summed E-state index contributed by atoms with van der Waals surface area (Å²) in [5.74, 6) is 0.777. The fourth-order valence-electron chi connectivity index (χ4n) is 2.76. The van der Waals surface area contributed by atoms with Crippen molar-refractivity contribution in [2.75, 3.05) is 0 Å². The van der Waals surface area contributed by atoms with E-state index >= 15 is 0 Å². The number of imidazole rings is 1. The van der Waals surface area contributed by atoms with Crippen molar-refractivity contribution in [3.63, 3.8) is 0 Å². The number of hydrogen-bond acceptors (Lipinski definition) is 1. The Morgan fingerprint density at radius 3 is 2.33 bits per heavy atom. The summed E-state index contributed by atoms with van der Waals surface area (Å²) in [5, 5.41) is 0. The number of aromatic amines is 1. The van der Waals surface area contributed by atoms with Gasteiger partial charge in [0.05, 0.1) is 11.0 Å². The molecule has 0 radical (unpaired) electrons. The van der Waals surface area contributed by atoms with E-state index < -0.39 is 0 Å². The van der Waals surface area contributed by atoms with Crippen molar-refractivity contribution >= 4 is 11.0 Å². The van der Waals surface area contributed by atoms with E-state index in [4.69, 9.17) is 0 Å². The van der Waals surface area contributed by atoms with Crippen molar-refractivity contribution in [2.24, 2.45) is 0 Å². The van der Waals surface area contributed by atoms with Crippen LogP contribution in [0.5, 0.6) is 0 Å². The molecule has 2 nitrogen and oxygen atoms in total. The number of nitrogens with zero attached hydrogens (tertiary/aromatic N) is 1. The highest BCUT2D eigenvalue weighted by atomic mass is 19.1. The lowest BCUT2D eigenvalue weighted by Gasteiger charge is -2.01. The summed E-state index contributed by atoms with van der Waals surface area (Å²) in [7, 11) is 0. The first-order valence-corrected chi connectivity index (χ1v) is 8.43. The van der Waals surface area contributed by atoms with Crippen molar-refractivity contribution in [1.29, 1.82) is 0 Å². The van der Waals surface area contributed by atoms with E-state index in [2.05, 4.69) is 16.9 Å². The Balaban J connectivity index is 1.59. The Morgan fingerprint density at radius 1 is 0.952 bits per heavy atom. The molecule has 0 saturated carbocycles. The monoisotopic (exact) mass is 290 g/mol. The molecule has 2 rings (SSSR count). The van der Waals surface area contributed by atoms with Crippen molar-refractivity contribution in [3.05, 3.63) is 29.8 Å². The van der Waals surface area contributed by atoms with Crippen LogP contribution >= 0.6 is 0 Å². The maximum atomic E-state index is 13.1. The Bertz CT molecular complexity index is 533. The van der Waals surface area contributed by atoms with Crippen LogP contribution in [0.1, 0.15) is 70.5 Å². The lowest BCUT2D eigenvalue weighted by Crippen LogP contribution is -1.88. The Hall–Kier alpha value is -1.38. The van der Waals surface area contributed by atoms with Gasteiger partial charge in [-0.05, 0) is 24.6 Å². The number of H-pyrrole nitrogens is 1. The summed E-state index contributed by atoms with van der Waals surface area (Å²) in [6, 6.07) is 4.72. The Morgan fingerprint density at radius 2 is 1.62 bits per heavy atom. The van der Waals surface area contributed by atoms with E-state index in [1.165, 1.54) is 63.5 Å². The van der Waals surface area contributed by atoms with Crippen LogP contribution in [0.15, 0.2) is 18.2 Å². The minimum absolute atomic E-state index is 0.208. The van der Waals surface area contributed by atoms with Crippen LogP contribution in [-0.4, -0.2) is 9.97 Å². The molecular weight excluding hydrogens is 263 g/mol. The van der Waals surface area contributed by atoms with Gasteiger partial charge in [-0.1, -0.05) is 58.3 Å². The number of rotatable bonds is 10. The van der Waals surface area contributed by atoms with E-state index in [1.807, 2.05) is 0 Å². The van der Waals surface area contributed by atoms with E-state index in [0.717, 1.165) is 29.7 Å². The SMILES string of the molecule is CCCCCCCCCCCc1nc2ccc(F)cc2[nH]1. The first kappa shape index (κ1) is 16.0. The molecule has 2 aromatic rings. The molecular formula is C18H27FN2. The number of halogens is 1. The molecule has 3 heteroatoms. The van der Waals surface area contributed by atoms with Gasteiger partial charge in [0.15, 0.2) is 0 Å². The predicted octanol–water partition coefficient (Wildman–Crippen LogP) is 5.78. The maximum absolute atomic E-state index is 13.1. The van der Waals surface area contributed by atoms with Gasteiger partial charge in [0.25, 0.3) is 0 Å². The average molecular weight is 290 g/mol. The number of aryl methyl sites for hydroxylation is 1. The highest BCUT2D eigenvalue weighted by molar-refractivity contribution is 5.74. The van der Waals surface area contributed by atoms with Gasteiger partial charge >= 0.3 is 0 Å². The zero-order chi connectivity index (χ0) is 14.9. The van der Waals surface area contributed by atoms with Gasteiger partial charge < -0.3 is 4.98 Å². The van der Waals surface area contributed by atoms with Gasteiger partial charge in [-0.3, -0.25) is 0 Å². The number of unbranched alkanes of at least 4 members (excludes halogenated alkanes) is 8. The first-order valence-electron chi connectivity index (χ1n) is 8.43. The quantitative estimate of drug-likeness (QED) is 0.552. The van der Waals surface area contributed by atoms with Gasteiger partial charge in [-0.15, -0.1) is 0 Å². The molecule has 1 aromatic carbocycles. The molecule has 21 heavy (non-hydrogen) atoms. The molecule has 1 N–H and O–H groups in total. The molecule has 0 saturated heterocycles. The number of hydrogen-bond donors (Lipinski definition) is 1. The number of fused-ring (bicyclic) bond motifs is 1. The lowest BCUT2D eigenvalue weighted by atomic mass is 10.1. The summed E-state index contributed by atoms with van der Waals surface area (Å²) in [6.45, 7) is 2.26. The van der Waals surface area contributed by atoms with Crippen LogP contribution in [0.25, 0.3) is 11.0 Å². The average Bonchev–Trinajstić information content (AvgIpc) is 2.87. The molecule has 0 unspecified atom stereocenters. The summed E-state index contributed by atoms with van der Waals surface area (Å²) < 4.78 is 13.1. The third-order valence-electron chi connectivity index (χ3n) is 4.01. The normalized spacial score (nSPS) is 11.3. The van der Waals surface area contributed by atoms with Crippen LogP contribution in [0.2, 0.25) is 0 Å². The van der Waals surface area contributed by atoms with Gasteiger partial charge in [-0.2, -0.15) is 0 Å². The van der Waals surface area contributed by atoms with E-state index in [-0.39, 0.29) is 5.82 Å². The lowest BCUT2D eigenvalue weighted by molar-refractivity contribution is 0.562. The smallest absolute Gasteiger partial charge is 0.125 e. The van der Waals surface area contributed by atoms with Gasteiger partial charge in [0.2, 0.25) is 0 Å². The Kier molecular flexibility index (Phi) is 6.71. The van der Waals surface area contributed by atoms with Crippen LogP contribution in [0, 0.1) is 5.82 Å². The fraction of sp³-hybridized carbons (Fsp3) is 0.611. The second kappa shape index (κ2) is 8.81. The van der Waals surface area contributed by atoms with Crippen molar-refractivity contribution in [3.8, 4) is 0 Å². The van der Waals surface area contributed by atoms with Crippen molar-refractivity contribution in [2.45, 2.75) is 71.1 Å². The molecule has 1 heterocycles. The number of aromatic nitrogens is 2. The largest absolute Gasteiger partial charge is 0.342 e. The number of nitrogens with one attached hydrogen (secondary N) is 1. The predicted molar refractivity (Wildman–Crippen MR) is 87.0 cm³/mol. The van der Waals surface area contributed by atoms with Crippen molar-refractivity contribution in [1.82, 2.24) is 9.97 Å². The number of benzene rings is 1. The summed E-state index contributed by atoms with van der Waals surface area (Å²) >= 11 is 0. The van der Waals surface area contributed by atoms with Crippen molar-refractivity contribution < 1.29 is 4.39 Å².